The summed E-state index contributed by atoms with van der Waals surface area (Å²) in [5, 5.41) is 16.2. The third-order valence-corrected chi connectivity index (χ3v) is 6.19. The summed E-state index contributed by atoms with van der Waals surface area (Å²) in [6.45, 7) is 1.78. The van der Waals surface area contributed by atoms with Gasteiger partial charge in [-0.2, -0.15) is 0 Å². The minimum atomic E-state index is -0.176. The van der Waals surface area contributed by atoms with Gasteiger partial charge in [-0.15, -0.1) is 10.2 Å². The second kappa shape index (κ2) is 8.35. The van der Waals surface area contributed by atoms with Crippen LogP contribution < -0.4 is 5.32 Å². The largest absolute Gasteiger partial charge is 0.360 e. The normalized spacial score (nSPS) is 15.1. The fraction of sp³-hybridized carbons (Fsp3) is 0.227. The Hall–Kier alpha value is -3.46. The number of nitrogens with zero attached hydrogens (tertiary/aromatic N) is 5. The fourth-order valence-corrected chi connectivity index (χ4v) is 4.68. The van der Waals surface area contributed by atoms with Crippen molar-refractivity contribution in [1.29, 1.82) is 0 Å². The van der Waals surface area contributed by atoms with Gasteiger partial charge in [-0.25, -0.2) is 0 Å². The molecule has 0 fully saturated rings. The third-order valence-electron chi connectivity index (χ3n) is 5.24. The Morgan fingerprint density at radius 1 is 1.23 bits per heavy atom. The average molecular weight is 433 g/mol. The van der Waals surface area contributed by atoms with Crippen molar-refractivity contribution < 1.29 is 9.32 Å². The van der Waals surface area contributed by atoms with Crippen LogP contribution in [-0.2, 0) is 11.2 Å². The summed E-state index contributed by atoms with van der Waals surface area (Å²) in [6.07, 6.45) is 5.46. The van der Waals surface area contributed by atoms with Crippen LogP contribution >= 0.6 is 11.8 Å². The van der Waals surface area contributed by atoms with Crippen LogP contribution in [0, 0.1) is 6.92 Å². The van der Waals surface area contributed by atoms with Crippen molar-refractivity contribution in [1.82, 2.24) is 24.9 Å². The summed E-state index contributed by atoms with van der Waals surface area (Å²) < 4.78 is 7.15. The first kappa shape index (κ1) is 19.5. The molecule has 0 aliphatic heterocycles. The van der Waals surface area contributed by atoms with E-state index in [0.29, 0.717) is 16.7 Å². The second-order valence-corrected chi connectivity index (χ2v) is 8.27. The number of anilines is 1. The molecule has 4 aromatic rings. The number of aryl methyl sites for hydroxylation is 2. The standard InChI is InChI=1S/C22H20N6O2S/c1-14-12-19(27-30-14)24-20(29)13-31-22-26-25-21(16-8-10-23-11-9-16)28(22)18-7-6-15-4-2-3-5-17(15)18/h2-5,8-12,18H,6-7,13H2,1H3,(H,24,27,29). The third kappa shape index (κ3) is 3.96. The lowest BCUT2D eigenvalue weighted by atomic mass is 10.1. The van der Waals surface area contributed by atoms with Crippen molar-refractivity contribution in [2.24, 2.45) is 0 Å². The molecule has 8 nitrogen and oxygen atoms in total. The highest BCUT2D eigenvalue weighted by atomic mass is 32.2. The first-order valence-electron chi connectivity index (χ1n) is 9.98. The zero-order chi connectivity index (χ0) is 21.2. The van der Waals surface area contributed by atoms with E-state index in [9.17, 15) is 4.79 Å². The second-order valence-electron chi connectivity index (χ2n) is 7.33. The van der Waals surface area contributed by atoms with Crippen LogP contribution in [0.2, 0.25) is 0 Å². The molecule has 1 atom stereocenters. The van der Waals surface area contributed by atoms with E-state index in [1.54, 1.807) is 25.4 Å². The van der Waals surface area contributed by atoms with Crippen molar-refractivity contribution in [2.75, 3.05) is 11.1 Å². The highest BCUT2D eigenvalue weighted by Gasteiger charge is 2.29. The summed E-state index contributed by atoms with van der Waals surface area (Å²) >= 11 is 1.36. The lowest BCUT2D eigenvalue weighted by Gasteiger charge is -2.18. The van der Waals surface area contributed by atoms with Gasteiger partial charge in [-0.1, -0.05) is 41.2 Å². The number of thioether (sulfide) groups is 1. The topological polar surface area (TPSA) is 98.7 Å². The Morgan fingerprint density at radius 2 is 2.06 bits per heavy atom. The van der Waals surface area contributed by atoms with Crippen LogP contribution in [-0.4, -0.2) is 36.6 Å². The minimum absolute atomic E-state index is 0.123. The lowest BCUT2D eigenvalue weighted by Crippen LogP contribution is -2.16. The Bertz CT molecular complexity index is 1220. The fourth-order valence-electron chi connectivity index (χ4n) is 3.89. The van der Waals surface area contributed by atoms with Gasteiger partial charge >= 0.3 is 0 Å². The quantitative estimate of drug-likeness (QED) is 0.461. The maximum absolute atomic E-state index is 12.4. The van der Waals surface area contributed by atoms with Gasteiger partial charge in [0.1, 0.15) is 5.76 Å². The monoisotopic (exact) mass is 432 g/mol. The van der Waals surface area contributed by atoms with Gasteiger partial charge in [-0.3, -0.25) is 14.3 Å². The predicted molar refractivity (Wildman–Crippen MR) is 117 cm³/mol. The Kier molecular flexibility index (Phi) is 5.25. The molecule has 3 aromatic heterocycles. The van der Waals surface area contributed by atoms with Crippen LogP contribution in [0.15, 0.2) is 64.5 Å². The van der Waals surface area contributed by atoms with Gasteiger partial charge < -0.3 is 9.84 Å². The molecule has 31 heavy (non-hydrogen) atoms. The van der Waals surface area contributed by atoms with E-state index in [-0.39, 0.29) is 17.7 Å². The predicted octanol–water partition coefficient (Wildman–Crippen LogP) is 3.90. The van der Waals surface area contributed by atoms with Crippen molar-refractivity contribution in [3.8, 4) is 11.4 Å². The number of pyridine rings is 1. The van der Waals surface area contributed by atoms with Gasteiger partial charge in [0.05, 0.1) is 11.8 Å². The molecule has 1 aliphatic rings. The molecule has 0 saturated carbocycles. The molecule has 9 heteroatoms. The number of carbonyl (C=O) groups excluding carboxylic acids is 1. The number of benzene rings is 1. The van der Waals surface area contributed by atoms with Crippen molar-refractivity contribution in [2.45, 2.75) is 31.0 Å². The molecule has 156 valence electrons. The molecule has 0 bridgehead atoms. The number of aromatic nitrogens is 5. The van der Waals surface area contributed by atoms with Crippen LogP contribution in [0.5, 0.6) is 0 Å². The van der Waals surface area contributed by atoms with Gasteiger partial charge in [0.2, 0.25) is 5.91 Å². The van der Waals surface area contributed by atoms with E-state index < -0.39 is 0 Å². The first-order valence-corrected chi connectivity index (χ1v) is 11.0. The van der Waals surface area contributed by atoms with E-state index in [1.165, 1.54) is 22.9 Å². The molecule has 0 spiro atoms. The smallest absolute Gasteiger partial charge is 0.236 e. The molecular formula is C22H20N6O2S. The van der Waals surface area contributed by atoms with E-state index in [2.05, 4.69) is 54.5 Å². The molecule has 3 heterocycles. The Morgan fingerprint density at radius 3 is 2.87 bits per heavy atom. The lowest BCUT2D eigenvalue weighted by molar-refractivity contribution is -0.113. The molecule has 5 rings (SSSR count). The minimum Gasteiger partial charge on any atom is -0.360 e. The molecule has 1 unspecified atom stereocenters. The molecular weight excluding hydrogens is 412 g/mol. The van der Waals surface area contributed by atoms with E-state index in [1.807, 2.05) is 12.1 Å². The van der Waals surface area contributed by atoms with Gasteiger partial charge in [0.15, 0.2) is 16.8 Å². The zero-order valence-corrected chi connectivity index (χ0v) is 17.7. The number of hydrogen-bond donors (Lipinski definition) is 1. The maximum atomic E-state index is 12.4. The number of fused-ring (bicyclic) bond motifs is 1. The number of hydrogen-bond acceptors (Lipinski definition) is 7. The molecule has 1 amide bonds. The van der Waals surface area contributed by atoms with E-state index >= 15 is 0 Å². The van der Waals surface area contributed by atoms with Gasteiger partial charge in [0, 0.05) is 24.0 Å². The van der Waals surface area contributed by atoms with Gasteiger partial charge in [0.25, 0.3) is 0 Å². The molecule has 1 aliphatic carbocycles. The summed E-state index contributed by atoms with van der Waals surface area (Å²) in [7, 11) is 0. The van der Waals surface area contributed by atoms with Crippen molar-refractivity contribution >= 4 is 23.5 Å². The molecule has 1 aromatic carbocycles. The number of carbonyl (C=O) groups is 1. The Labute approximate surface area is 183 Å². The van der Waals surface area contributed by atoms with E-state index in [4.69, 9.17) is 4.52 Å². The maximum Gasteiger partial charge on any atom is 0.236 e. The highest BCUT2D eigenvalue weighted by Crippen LogP contribution is 2.39. The number of amides is 1. The molecule has 0 saturated heterocycles. The van der Waals surface area contributed by atoms with Crippen molar-refractivity contribution in [3.63, 3.8) is 0 Å². The number of rotatable bonds is 6. The van der Waals surface area contributed by atoms with Gasteiger partial charge in [-0.05, 0) is 43.0 Å². The number of nitrogens with one attached hydrogen (secondary N) is 1. The van der Waals surface area contributed by atoms with Crippen LogP contribution in [0.25, 0.3) is 11.4 Å². The summed E-state index contributed by atoms with van der Waals surface area (Å²) in [5.41, 5.74) is 3.57. The van der Waals surface area contributed by atoms with E-state index in [0.717, 1.165) is 24.2 Å². The summed E-state index contributed by atoms with van der Waals surface area (Å²) in [5.74, 6) is 1.84. The van der Waals surface area contributed by atoms with Crippen LogP contribution in [0.3, 0.4) is 0 Å². The van der Waals surface area contributed by atoms with Crippen molar-refractivity contribution in [3.05, 3.63) is 71.7 Å². The van der Waals surface area contributed by atoms with Crippen LogP contribution in [0.4, 0.5) is 5.82 Å². The highest BCUT2D eigenvalue weighted by molar-refractivity contribution is 7.99. The first-order chi connectivity index (χ1) is 15.2. The SMILES string of the molecule is Cc1cc(NC(=O)CSc2nnc(-c3ccncc3)n2C2CCc3ccccc32)no1. The zero-order valence-electron chi connectivity index (χ0n) is 16.9. The Balaban J connectivity index is 1.44. The molecule has 0 radical (unpaired) electrons. The summed E-state index contributed by atoms with van der Waals surface area (Å²) in [4.78, 5) is 16.5. The van der Waals surface area contributed by atoms with Crippen LogP contribution in [0.1, 0.15) is 29.3 Å². The molecule has 1 N–H and O–H groups in total. The average Bonchev–Trinajstić information content (AvgIpc) is 3.50. The summed E-state index contributed by atoms with van der Waals surface area (Å²) in [6, 6.07) is 14.1.